The maximum absolute atomic E-state index is 12.9. The smallest absolute Gasteiger partial charge is 0.306 e. The van der Waals surface area contributed by atoms with Crippen molar-refractivity contribution in [2.75, 3.05) is 45.3 Å². The van der Waals surface area contributed by atoms with Crippen LogP contribution in [-0.4, -0.2) is 70.4 Å². The molecular weight excluding hydrogens is 472 g/mol. The number of Topliss-reactive ketones (excluding diaryl/α,β-unsaturated/α-hetero) is 1. The van der Waals surface area contributed by atoms with Crippen LogP contribution in [0.15, 0.2) is 40.6 Å². The molecule has 2 aromatic rings. The minimum absolute atomic E-state index is 0.00964. The normalized spacial score (nSPS) is 14.5. The highest BCUT2D eigenvalue weighted by molar-refractivity contribution is 7.89. The Morgan fingerprint density at radius 1 is 1.15 bits per heavy atom. The molecule has 10 nitrogen and oxygen atoms in total. The van der Waals surface area contributed by atoms with Gasteiger partial charge in [-0.3, -0.25) is 14.4 Å². The van der Waals surface area contributed by atoms with Crippen LogP contribution in [0.4, 0.5) is 5.69 Å². The van der Waals surface area contributed by atoms with Gasteiger partial charge >= 0.3 is 5.97 Å². The molecule has 0 radical (unpaired) electrons. The Balaban J connectivity index is 1.57. The van der Waals surface area contributed by atoms with Crippen molar-refractivity contribution in [1.82, 2.24) is 4.31 Å². The molecule has 1 aliphatic heterocycles. The number of nitrogens with one attached hydrogen (secondary N) is 1. The van der Waals surface area contributed by atoms with E-state index in [1.807, 2.05) is 0 Å². The molecular formula is C21H24N2O8S2. The number of ether oxygens (including phenoxy) is 3. The van der Waals surface area contributed by atoms with Crippen LogP contribution in [0.25, 0.3) is 0 Å². The van der Waals surface area contributed by atoms with Crippen LogP contribution in [0, 0.1) is 0 Å². The van der Waals surface area contributed by atoms with Crippen molar-refractivity contribution in [1.29, 1.82) is 0 Å². The van der Waals surface area contributed by atoms with Gasteiger partial charge in [-0.25, -0.2) is 8.42 Å². The summed E-state index contributed by atoms with van der Waals surface area (Å²) in [5.74, 6) is -1.29. The Morgan fingerprint density at radius 2 is 1.91 bits per heavy atom. The van der Waals surface area contributed by atoms with E-state index in [1.54, 1.807) is 17.5 Å². The average molecular weight is 497 g/mol. The van der Waals surface area contributed by atoms with E-state index in [0.29, 0.717) is 18.1 Å². The number of ketones is 1. The maximum atomic E-state index is 12.9. The second-order valence-corrected chi connectivity index (χ2v) is 9.87. The van der Waals surface area contributed by atoms with Gasteiger partial charge in [-0.1, -0.05) is 6.07 Å². The van der Waals surface area contributed by atoms with E-state index in [1.165, 1.54) is 41.0 Å². The van der Waals surface area contributed by atoms with E-state index in [9.17, 15) is 22.8 Å². The fourth-order valence-corrected chi connectivity index (χ4v) is 5.19. The maximum Gasteiger partial charge on any atom is 0.306 e. The Kier molecular flexibility index (Phi) is 8.55. The van der Waals surface area contributed by atoms with Crippen molar-refractivity contribution in [2.24, 2.45) is 0 Å². The summed E-state index contributed by atoms with van der Waals surface area (Å²) < 4.78 is 42.4. The number of hydrogen-bond acceptors (Lipinski definition) is 9. The Bertz CT molecular complexity index is 1090. The first kappa shape index (κ1) is 24.8. The molecule has 1 saturated heterocycles. The topological polar surface area (TPSA) is 128 Å². The molecule has 0 aliphatic carbocycles. The molecule has 1 amide bonds. The first-order chi connectivity index (χ1) is 15.8. The van der Waals surface area contributed by atoms with E-state index >= 15 is 0 Å². The van der Waals surface area contributed by atoms with Crippen LogP contribution in [0.5, 0.6) is 5.75 Å². The highest BCUT2D eigenvalue weighted by Gasteiger charge is 2.27. The number of esters is 1. The molecule has 1 N–H and O–H groups in total. The SMILES string of the molecule is COc1ccc(S(=O)(=O)N2CCOCC2)cc1NC(=O)COC(=O)CCC(=O)c1cccs1. The van der Waals surface area contributed by atoms with Crippen molar-refractivity contribution in [3.05, 3.63) is 40.6 Å². The largest absolute Gasteiger partial charge is 0.495 e. The molecule has 12 heteroatoms. The number of anilines is 1. The monoisotopic (exact) mass is 496 g/mol. The zero-order chi connectivity index (χ0) is 23.8. The number of sulfonamides is 1. The molecule has 3 rings (SSSR count). The van der Waals surface area contributed by atoms with Crippen molar-refractivity contribution >= 4 is 44.7 Å². The second kappa shape index (κ2) is 11.4. The summed E-state index contributed by atoms with van der Waals surface area (Å²) >= 11 is 1.29. The van der Waals surface area contributed by atoms with Crippen molar-refractivity contribution in [3.8, 4) is 5.75 Å². The Hall–Kier alpha value is -2.80. The van der Waals surface area contributed by atoms with Gasteiger partial charge in [0.15, 0.2) is 12.4 Å². The lowest BCUT2D eigenvalue weighted by molar-refractivity contribution is -0.147. The molecule has 1 aliphatic rings. The average Bonchev–Trinajstić information content (AvgIpc) is 3.37. The number of rotatable bonds is 10. The summed E-state index contributed by atoms with van der Waals surface area (Å²) in [7, 11) is -2.39. The summed E-state index contributed by atoms with van der Waals surface area (Å²) in [5.41, 5.74) is 0.126. The first-order valence-electron chi connectivity index (χ1n) is 10.1. The van der Waals surface area contributed by atoms with Gasteiger partial charge in [-0.15, -0.1) is 11.3 Å². The van der Waals surface area contributed by atoms with E-state index in [2.05, 4.69) is 5.32 Å². The van der Waals surface area contributed by atoms with E-state index in [0.717, 1.165) is 0 Å². The summed E-state index contributed by atoms with van der Waals surface area (Å²) in [4.78, 5) is 36.7. The number of thiophene rings is 1. The van der Waals surface area contributed by atoms with Gasteiger partial charge in [0.2, 0.25) is 10.0 Å². The van der Waals surface area contributed by atoms with Crippen LogP contribution in [0.3, 0.4) is 0 Å². The van der Waals surface area contributed by atoms with Crippen molar-refractivity contribution in [2.45, 2.75) is 17.7 Å². The van der Waals surface area contributed by atoms with Crippen LogP contribution in [0.2, 0.25) is 0 Å². The van der Waals surface area contributed by atoms with E-state index in [-0.39, 0.29) is 48.0 Å². The zero-order valence-corrected chi connectivity index (χ0v) is 19.6. The first-order valence-corrected chi connectivity index (χ1v) is 12.4. The van der Waals surface area contributed by atoms with E-state index < -0.39 is 28.5 Å². The number of benzene rings is 1. The number of morpholine rings is 1. The van der Waals surface area contributed by atoms with Gasteiger partial charge in [0, 0.05) is 19.5 Å². The summed E-state index contributed by atoms with van der Waals surface area (Å²) in [5, 5.41) is 4.27. The molecule has 1 aromatic carbocycles. The third-order valence-electron chi connectivity index (χ3n) is 4.77. The van der Waals surface area contributed by atoms with Gasteiger partial charge < -0.3 is 19.5 Å². The lowest BCUT2D eigenvalue weighted by atomic mass is 10.2. The Labute approximate surface area is 195 Å². The molecule has 0 saturated carbocycles. The molecule has 0 unspecified atom stereocenters. The molecule has 1 aromatic heterocycles. The molecule has 2 heterocycles. The van der Waals surface area contributed by atoms with E-state index in [4.69, 9.17) is 14.2 Å². The molecule has 0 bridgehead atoms. The highest BCUT2D eigenvalue weighted by Crippen LogP contribution is 2.29. The van der Waals surface area contributed by atoms with Crippen molar-refractivity contribution in [3.63, 3.8) is 0 Å². The lowest BCUT2D eigenvalue weighted by Crippen LogP contribution is -2.40. The standard InChI is InChI=1S/C21H24N2O8S2/c1-29-18-6-4-15(33(27,28)23-8-10-30-11-9-23)13-16(18)22-20(25)14-31-21(26)7-5-17(24)19-3-2-12-32-19/h2-4,6,12-13H,5,7-11,14H2,1H3,(H,22,25). The quantitative estimate of drug-likeness (QED) is 0.390. The predicted molar refractivity (Wildman–Crippen MR) is 120 cm³/mol. The van der Waals surface area contributed by atoms with Crippen LogP contribution in [-0.2, 0) is 29.1 Å². The zero-order valence-electron chi connectivity index (χ0n) is 17.9. The molecule has 0 spiro atoms. The van der Waals surface area contributed by atoms with Gasteiger partial charge in [0.05, 0.1) is 42.2 Å². The lowest BCUT2D eigenvalue weighted by Gasteiger charge is -2.26. The fourth-order valence-electron chi connectivity index (χ4n) is 3.06. The summed E-state index contributed by atoms with van der Waals surface area (Å²) in [6.45, 7) is 0.504. The Morgan fingerprint density at radius 3 is 2.58 bits per heavy atom. The second-order valence-electron chi connectivity index (χ2n) is 6.99. The minimum Gasteiger partial charge on any atom is -0.495 e. The third kappa shape index (κ3) is 6.60. The number of amides is 1. The third-order valence-corrected chi connectivity index (χ3v) is 7.57. The minimum atomic E-state index is -3.78. The predicted octanol–water partition coefficient (Wildman–Crippen LogP) is 1.92. The van der Waals surface area contributed by atoms with Gasteiger partial charge in [0.1, 0.15) is 5.75 Å². The fraction of sp³-hybridized carbons (Fsp3) is 0.381. The molecule has 33 heavy (non-hydrogen) atoms. The van der Waals surface area contributed by atoms with Crippen LogP contribution in [0.1, 0.15) is 22.5 Å². The number of carbonyl (C=O) groups excluding carboxylic acids is 3. The summed E-state index contributed by atoms with van der Waals surface area (Å²) in [6, 6.07) is 7.54. The number of hydrogen-bond donors (Lipinski definition) is 1. The number of methoxy groups -OCH3 is 1. The molecule has 1 fully saturated rings. The van der Waals surface area contributed by atoms with Crippen LogP contribution < -0.4 is 10.1 Å². The van der Waals surface area contributed by atoms with Gasteiger partial charge in [-0.2, -0.15) is 4.31 Å². The number of carbonyl (C=O) groups is 3. The summed E-state index contributed by atoms with van der Waals surface area (Å²) in [6.07, 6.45) is -0.170. The van der Waals surface area contributed by atoms with Crippen LogP contribution >= 0.6 is 11.3 Å². The van der Waals surface area contributed by atoms with Gasteiger partial charge in [0.25, 0.3) is 5.91 Å². The number of nitrogens with zero attached hydrogens (tertiary/aromatic N) is 1. The van der Waals surface area contributed by atoms with Gasteiger partial charge in [-0.05, 0) is 29.6 Å². The molecule has 178 valence electrons. The molecule has 0 atom stereocenters. The van der Waals surface area contributed by atoms with Crippen molar-refractivity contribution < 1.29 is 37.0 Å². The highest BCUT2D eigenvalue weighted by atomic mass is 32.2.